The Bertz CT molecular complexity index is 508. The first-order valence-corrected chi connectivity index (χ1v) is 8.77. The van der Waals surface area contributed by atoms with Gasteiger partial charge in [-0.15, -0.1) is 0 Å². The van der Waals surface area contributed by atoms with Crippen LogP contribution in [-0.4, -0.2) is 37.4 Å². The van der Waals surface area contributed by atoms with Crippen molar-refractivity contribution in [1.82, 2.24) is 14.2 Å². The third kappa shape index (κ3) is 4.07. The van der Waals surface area contributed by atoms with Crippen molar-refractivity contribution >= 4 is 10.0 Å². The number of nitrogens with one attached hydrogen (secondary N) is 1. The van der Waals surface area contributed by atoms with Crippen molar-refractivity contribution in [1.29, 1.82) is 0 Å². The van der Waals surface area contributed by atoms with E-state index in [1.807, 2.05) is 18.4 Å². The molecule has 116 valence electrons. The summed E-state index contributed by atoms with van der Waals surface area (Å²) in [5.74, 6) is 0. The van der Waals surface area contributed by atoms with Gasteiger partial charge in [-0.25, -0.2) is 12.7 Å². The van der Waals surface area contributed by atoms with Crippen LogP contribution in [0.5, 0.6) is 0 Å². The van der Waals surface area contributed by atoms with Gasteiger partial charge in [0.15, 0.2) is 0 Å². The lowest BCUT2D eigenvalue weighted by Gasteiger charge is -2.14. The van der Waals surface area contributed by atoms with E-state index in [1.54, 1.807) is 19.3 Å². The number of aryl methyl sites for hydroxylation is 1. The summed E-state index contributed by atoms with van der Waals surface area (Å²) >= 11 is 0. The molecule has 0 aliphatic heterocycles. The summed E-state index contributed by atoms with van der Waals surface area (Å²) in [7, 11) is -1.72. The normalized spacial score (nSPS) is 12.2. The Morgan fingerprint density at radius 1 is 1.25 bits per heavy atom. The molecular formula is C14H27N3O2S. The van der Waals surface area contributed by atoms with Gasteiger partial charge in [0.05, 0.1) is 0 Å². The molecule has 0 radical (unpaired) electrons. The molecule has 0 amide bonds. The van der Waals surface area contributed by atoms with E-state index in [4.69, 9.17) is 0 Å². The second kappa shape index (κ2) is 7.81. The number of sulfonamides is 1. The number of aromatic nitrogens is 1. The van der Waals surface area contributed by atoms with E-state index < -0.39 is 10.0 Å². The van der Waals surface area contributed by atoms with E-state index in [-0.39, 0.29) is 0 Å². The van der Waals surface area contributed by atoms with E-state index >= 15 is 0 Å². The third-order valence-corrected chi connectivity index (χ3v) is 5.10. The van der Waals surface area contributed by atoms with Gasteiger partial charge >= 0.3 is 0 Å². The van der Waals surface area contributed by atoms with Gasteiger partial charge in [0.1, 0.15) is 4.90 Å². The van der Waals surface area contributed by atoms with E-state index in [0.29, 0.717) is 18.0 Å². The van der Waals surface area contributed by atoms with Crippen LogP contribution in [-0.2, 0) is 23.1 Å². The summed E-state index contributed by atoms with van der Waals surface area (Å²) in [5, 5.41) is 3.32. The zero-order valence-corrected chi connectivity index (χ0v) is 13.8. The third-order valence-electron chi connectivity index (χ3n) is 3.28. The highest BCUT2D eigenvalue weighted by Crippen LogP contribution is 2.18. The van der Waals surface area contributed by atoms with Crippen LogP contribution < -0.4 is 5.32 Å². The zero-order valence-electron chi connectivity index (χ0n) is 13.0. The van der Waals surface area contributed by atoms with Gasteiger partial charge in [0.2, 0.25) is 10.0 Å². The lowest BCUT2D eigenvalue weighted by atomic mass is 10.4. The van der Waals surface area contributed by atoms with Gasteiger partial charge in [-0.05, 0) is 32.4 Å². The molecule has 0 bridgehead atoms. The van der Waals surface area contributed by atoms with Gasteiger partial charge in [-0.3, -0.25) is 0 Å². The second-order valence-corrected chi connectivity index (χ2v) is 7.00. The molecule has 0 saturated heterocycles. The summed E-state index contributed by atoms with van der Waals surface area (Å²) in [6, 6.07) is 1.79. The Morgan fingerprint density at radius 3 is 2.50 bits per heavy atom. The summed E-state index contributed by atoms with van der Waals surface area (Å²) in [5.41, 5.74) is 1.02. The lowest BCUT2D eigenvalue weighted by Crippen LogP contribution is -2.27. The lowest BCUT2D eigenvalue weighted by molar-refractivity contribution is 0.468. The molecule has 1 aromatic rings. The highest BCUT2D eigenvalue weighted by Gasteiger charge is 2.22. The van der Waals surface area contributed by atoms with Crippen LogP contribution in [0.4, 0.5) is 0 Å². The average Bonchev–Trinajstić information content (AvgIpc) is 2.83. The highest BCUT2D eigenvalue weighted by atomic mass is 32.2. The first-order valence-electron chi connectivity index (χ1n) is 7.33. The number of rotatable bonds is 9. The largest absolute Gasteiger partial charge is 0.349 e. The first-order chi connectivity index (χ1) is 9.47. The molecule has 0 spiro atoms. The van der Waals surface area contributed by atoms with Crippen molar-refractivity contribution in [2.75, 3.05) is 20.1 Å². The fourth-order valence-corrected chi connectivity index (χ4v) is 3.45. The van der Waals surface area contributed by atoms with Crippen LogP contribution in [0, 0.1) is 0 Å². The van der Waals surface area contributed by atoms with Crippen LogP contribution in [0.3, 0.4) is 0 Å². The topological polar surface area (TPSA) is 54.3 Å². The molecule has 0 saturated carbocycles. The molecule has 0 aliphatic carbocycles. The Morgan fingerprint density at radius 2 is 1.95 bits per heavy atom. The molecule has 0 atom stereocenters. The Labute approximate surface area is 123 Å². The standard InChI is InChI=1S/C14H27N3O2S/c1-5-8-15-11-13-10-14(12-17(13)7-3)20(18,19)16(4)9-6-2/h10,12,15H,5-9,11H2,1-4H3. The van der Waals surface area contributed by atoms with Crippen molar-refractivity contribution in [2.24, 2.45) is 0 Å². The minimum Gasteiger partial charge on any atom is -0.349 e. The van der Waals surface area contributed by atoms with Crippen LogP contribution in [0.15, 0.2) is 17.2 Å². The maximum Gasteiger partial charge on any atom is 0.244 e. The predicted octanol–water partition coefficient (Wildman–Crippen LogP) is 2.04. The molecule has 0 fully saturated rings. The van der Waals surface area contributed by atoms with Gasteiger partial charge < -0.3 is 9.88 Å². The van der Waals surface area contributed by atoms with Crippen molar-refractivity contribution < 1.29 is 8.42 Å². The van der Waals surface area contributed by atoms with E-state index in [0.717, 1.165) is 31.6 Å². The molecule has 0 unspecified atom stereocenters. The monoisotopic (exact) mass is 301 g/mol. The summed E-state index contributed by atoms with van der Waals surface area (Å²) in [4.78, 5) is 0.392. The fourth-order valence-electron chi connectivity index (χ4n) is 2.12. The zero-order chi connectivity index (χ0) is 15.2. The Hall–Kier alpha value is -0.850. The molecule has 5 nitrogen and oxygen atoms in total. The molecule has 0 aromatic carbocycles. The van der Waals surface area contributed by atoms with Gasteiger partial charge in [-0.2, -0.15) is 0 Å². The maximum atomic E-state index is 12.4. The second-order valence-electron chi connectivity index (χ2n) is 4.96. The average molecular weight is 301 g/mol. The Balaban J connectivity index is 2.96. The highest BCUT2D eigenvalue weighted by molar-refractivity contribution is 7.89. The van der Waals surface area contributed by atoms with Gasteiger partial charge in [0, 0.05) is 38.6 Å². The van der Waals surface area contributed by atoms with Crippen LogP contribution in [0.25, 0.3) is 0 Å². The summed E-state index contributed by atoms with van der Waals surface area (Å²) in [6.45, 7) is 9.07. The molecule has 1 aromatic heterocycles. The number of nitrogens with zero attached hydrogens (tertiary/aromatic N) is 2. The minimum atomic E-state index is -3.36. The molecule has 1 heterocycles. The summed E-state index contributed by atoms with van der Waals surface area (Å²) in [6.07, 6.45) is 3.62. The van der Waals surface area contributed by atoms with Crippen molar-refractivity contribution in [2.45, 2.75) is 51.6 Å². The smallest absolute Gasteiger partial charge is 0.244 e. The first kappa shape index (κ1) is 17.2. The van der Waals surface area contributed by atoms with Crippen molar-refractivity contribution in [3.63, 3.8) is 0 Å². The molecule has 1 N–H and O–H groups in total. The van der Waals surface area contributed by atoms with Crippen molar-refractivity contribution in [3.8, 4) is 0 Å². The maximum absolute atomic E-state index is 12.4. The predicted molar refractivity (Wildman–Crippen MR) is 82.2 cm³/mol. The Kier molecular flexibility index (Phi) is 6.71. The van der Waals surface area contributed by atoms with Gasteiger partial charge in [0.25, 0.3) is 0 Å². The molecule has 0 aliphatic rings. The summed E-state index contributed by atoms with van der Waals surface area (Å²) < 4.78 is 28.3. The van der Waals surface area contributed by atoms with Crippen LogP contribution in [0.1, 0.15) is 39.3 Å². The van der Waals surface area contributed by atoms with E-state index in [9.17, 15) is 8.42 Å². The number of hydrogen-bond donors (Lipinski definition) is 1. The van der Waals surface area contributed by atoms with E-state index in [1.165, 1.54) is 4.31 Å². The quantitative estimate of drug-likeness (QED) is 0.710. The van der Waals surface area contributed by atoms with Crippen LogP contribution in [0.2, 0.25) is 0 Å². The molecule has 6 heteroatoms. The molecule has 20 heavy (non-hydrogen) atoms. The minimum absolute atomic E-state index is 0.392. The molecular weight excluding hydrogens is 274 g/mol. The SMILES string of the molecule is CCCNCc1cc(S(=O)(=O)N(C)CCC)cn1CC. The van der Waals surface area contributed by atoms with E-state index in [2.05, 4.69) is 12.2 Å². The van der Waals surface area contributed by atoms with Gasteiger partial charge in [-0.1, -0.05) is 13.8 Å². The molecule has 1 rings (SSSR count). The van der Waals surface area contributed by atoms with Crippen molar-refractivity contribution in [3.05, 3.63) is 18.0 Å². The van der Waals surface area contributed by atoms with Crippen LogP contribution >= 0.6 is 0 Å². The fraction of sp³-hybridized carbons (Fsp3) is 0.714. The number of hydrogen-bond acceptors (Lipinski definition) is 3.